The summed E-state index contributed by atoms with van der Waals surface area (Å²) in [4.78, 5) is 25.2. The normalized spacial score (nSPS) is 18.5. The minimum atomic E-state index is 0.0486. The Morgan fingerprint density at radius 3 is 2.91 bits per heavy atom. The zero-order chi connectivity index (χ0) is 15.8. The molecular formula is C16H27N5O. The van der Waals surface area contributed by atoms with Gasteiger partial charge in [-0.3, -0.25) is 9.78 Å². The molecule has 0 aliphatic carbocycles. The zero-order valence-corrected chi connectivity index (χ0v) is 13.7. The average Bonchev–Trinajstić information content (AvgIpc) is 2.59. The highest BCUT2D eigenvalue weighted by molar-refractivity contribution is 5.79. The lowest BCUT2D eigenvalue weighted by atomic mass is 9.97. The van der Waals surface area contributed by atoms with Gasteiger partial charge in [-0.25, -0.2) is 4.98 Å². The van der Waals surface area contributed by atoms with Gasteiger partial charge in [0.2, 0.25) is 5.91 Å². The maximum Gasteiger partial charge on any atom is 0.224 e. The van der Waals surface area contributed by atoms with Crippen molar-refractivity contribution < 1.29 is 4.79 Å². The van der Waals surface area contributed by atoms with Crippen molar-refractivity contribution >= 4 is 11.7 Å². The molecule has 1 saturated heterocycles. The maximum atomic E-state index is 12.3. The predicted octanol–water partition coefficient (Wildman–Crippen LogP) is 1.15. The SMILES string of the molecule is CCN(CC)CCNC(=O)[C@@H]1CCCN(c2cnccn2)C1. The molecule has 6 nitrogen and oxygen atoms in total. The molecule has 1 amide bonds. The molecule has 1 aliphatic rings. The van der Waals surface area contributed by atoms with Crippen LogP contribution in [0.4, 0.5) is 5.82 Å². The van der Waals surface area contributed by atoms with Crippen LogP contribution in [0.15, 0.2) is 18.6 Å². The fraction of sp³-hybridized carbons (Fsp3) is 0.688. The summed E-state index contributed by atoms with van der Waals surface area (Å²) in [5.41, 5.74) is 0. The van der Waals surface area contributed by atoms with Crippen LogP contribution in [-0.2, 0) is 4.79 Å². The van der Waals surface area contributed by atoms with E-state index >= 15 is 0 Å². The molecule has 0 bridgehead atoms. The molecule has 6 heteroatoms. The Labute approximate surface area is 132 Å². The number of aromatic nitrogens is 2. The maximum absolute atomic E-state index is 12.3. The van der Waals surface area contributed by atoms with Crippen LogP contribution in [0.5, 0.6) is 0 Å². The van der Waals surface area contributed by atoms with Crippen LogP contribution >= 0.6 is 0 Å². The topological polar surface area (TPSA) is 61.4 Å². The van der Waals surface area contributed by atoms with Gasteiger partial charge >= 0.3 is 0 Å². The first-order chi connectivity index (χ1) is 10.7. The summed E-state index contributed by atoms with van der Waals surface area (Å²) < 4.78 is 0. The van der Waals surface area contributed by atoms with E-state index in [4.69, 9.17) is 0 Å². The second kappa shape index (κ2) is 8.68. The van der Waals surface area contributed by atoms with Crippen LogP contribution in [0, 0.1) is 5.92 Å². The van der Waals surface area contributed by atoms with Crippen molar-refractivity contribution in [3.05, 3.63) is 18.6 Å². The van der Waals surface area contributed by atoms with Crippen LogP contribution in [0.25, 0.3) is 0 Å². The molecule has 1 aromatic rings. The largest absolute Gasteiger partial charge is 0.355 e. The van der Waals surface area contributed by atoms with E-state index in [0.29, 0.717) is 0 Å². The van der Waals surface area contributed by atoms with E-state index in [1.165, 1.54) is 0 Å². The lowest BCUT2D eigenvalue weighted by molar-refractivity contribution is -0.125. The lowest BCUT2D eigenvalue weighted by Crippen LogP contribution is -2.45. The molecule has 2 rings (SSSR count). The van der Waals surface area contributed by atoms with Crippen LogP contribution in [0.3, 0.4) is 0 Å². The van der Waals surface area contributed by atoms with Crippen LogP contribution in [-0.4, -0.2) is 60.0 Å². The molecule has 1 atom stereocenters. The Kier molecular flexibility index (Phi) is 6.58. The molecule has 0 radical (unpaired) electrons. The van der Waals surface area contributed by atoms with Gasteiger partial charge in [0, 0.05) is 38.6 Å². The van der Waals surface area contributed by atoms with Gasteiger partial charge in [0.1, 0.15) is 5.82 Å². The number of carbonyl (C=O) groups is 1. The van der Waals surface area contributed by atoms with Crippen molar-refractivity contribution in [3.63, 3.8) is 0 Å². The van der Waals surface area contributed by atoms with Gasteiger partial charge < -0.3 is 15.1 Å². The van der Waals surface area contributed by atoms with E-state index in [-0.39, 0.29) is 11.8 Å². The van der Waals surface area contributed by atoms with E-state index in [1.807, 2.05) is 0 Å². The standard InChI is InChI=1S/C16H27N5O/c1-3-20(4-2)11-9-19-16(22)14-6-5-10-21(13-14)15-12-17-7-8-18-15/h7-8,12,14H,3-6,9-11,13H2,1-2H3,(H,19,22)/t14-/m1/s1. The number of anilines is 1. The first-order valence-corrected chi connectivity index (χ1v) is 8.25. The quantitative estimate of drug-likeness (QED) is 0.819. The molecule has 1 N–H and O–H groups in total. The summed E-state index contributed by atoms with van der Waals surface area (Å²) in [6.45, 7) is 9.65. The molecule has 0 saturated carbocycles. The summed E-state index contributed by atoms with van der Waals surface area (Å²) in [6, 6.07) is 0. The Morgan fingerprint density at radius 2 is 2.23 bits per heavy atom. The Morgan fingerprint density at radius 1 is 1.41 bits per heavy atom. The molecule has 122 valence electrons. The van der Waals surface area contributed by atoms with Gasteiger partial charge in [-0.1, -0.05) is 13.8 Å². The van der Waals surface area contributed by atoms with Crippen molar-refractivity contribution in [2.24, 2.45) is 5.92 Å². The minimum Gasteiger partial charge on any atom is -0.355 e. The fourth-order valence-electron chi connectivity index (χ4n) is 2.88. The number of nitrogens with one attached hydrogen (secondary N) is 1. The highest BCUT2D eigenvalue weighted by Crippen LogP contribution is 2.20. The third-order valence-corrected chi connectivity index (χ3v) is 4.29. The molecule has 2 heterocycles. The molecule has 1 aliphatic heterocycles. The summed E-state index contributed by atoms with van der Waals surface area (Å²) in [5, 5.41) is 3.08. The molecule has 1 aromatic heterocycles. The van der Waals surface area contributed by atoms with Crippen molar-refractivity contribution in [3.8, 4) is 0 Å². The van der Waals surface area contributed by atoms with E-state index < -0.39 is 0 Å². The van der Waals surface area contributed by atoms with Gasteiger partial charge in [-0.05, 0) is 25.9 Å². The van der Waals surface area contributed by atoms with Crippen molar-refractivity contribution in [1.29, 1.82) is 0 Å². The van der Waals surface area contributed by atoms with E-state index in [2.05, 4.69) is 38.9 Å². The van der Waals surface area contributed by atoms with Crippen molar-refractivity contribution in [2.75, 3.05) is 44.2 Å². The van der Waals surface area contributed by atoms with Gasteiger partial charge in [0.05, 0.1) is 12.1 Å². The monoisotopic (exact) mass is 305 g/mol. The van der Waals surface area contributed by atoms with Gasteiger partial charge in [0.15, 0.2) is 0 Å². The van der Waals surface area contributed by atoms with Gasteiger partial charge in [-0.15, -0.1) is 0 Å². The second-order valence-electron chi connectivity index (χ2n) is 5.67. The first kappa shape index (κ1) is 16.7. The highest BCUT2D eigenvalue weighted by Gasteiger charge is 2.26. The molecule has 22 heavy (non-hydrogen) atoms. The molecule has 0 aromatic carbocycles. The molecular weight excluding hydrogens is 278 g/mol. The van der Waals surface area contributed by atoms with Gasteiger partial charge in [0.25, 0.3) is 0 Å². The number of nitrogens with zero attached hydrogens (tertiary/aromatic N) is 4. The second-order valence-corrected chi connectivity index (χ2v) is 5.67. The summed E-state index contributed by atoms with van der Waals surface area (Å²) >= 11 is 0. The van der Waals surface area contributed by atoms with E-state index in [0.717, 1.165) is 57.9 Å². The fourth-order valence-corrected chi connectivity index (χ4v) is 2.88. The summed E-state index contributed by atoms with van der Waals surface area (Å²) in [5.74, 6) is 1.08. The average molecular weight is 305 g/mol. The summed E-state index contributed by atoms with van der Waals surface area (Å²) in [6.07, 6.45) is 7.10. The van der Waals surface area contributed by atoms with Crippen LogP contribution in [0.1, 0.15) is 26.7 Å². The number of amides is 1. The van der Waals surface area contributed by atoms with Crippen LogP contribution < -0.4 is 10.2 Å². The third kappa shape index (κ3) is 4.66. The van der Waals surface area contributed by atoms with Crippen molar-refractivity contribution in [2.45, 2.75) is 26.7 Å². The van der Waals surface area contributed by atoms with Gasteiger partial charge in [-0.2, -0.15) is 0 Å². The smallest absolute Gasteiger partial charge is 0.224 e. The number of likely N-dealkylation sites (N-methyl/N-ethyl adjacent to an activating group) is 1. The molecule has 0 unspecified atom stereocenters. The van der Waals surface area contributed by atoms with E-state index in [1.54, 1.807) is 18.6 Å². The molecule has 1 fully saturated rings. The number of hydrogen-bond acceptors (Lipinski definition) is 5. The number of hydrogen-bond donors (Lipinski definition) is 1. The number of carbonyl (C=O) groups excluding carboxylic acids is 1. The minimum absolute atomic E-state index is 0.0486. The summed E-state index contributed by atoms with van der Waals surface area (Å²) in [7, 11) is 0. The zero-order valence-electron chi connectivity index (χ0n) is 13.7. The highest BCUT2D eigenvalue weighted by atomic mass is 16.1. The van der Waals surface area contributed by atoms with Crippen molar-refractivity contribution in [1.82, 2.24) is 20.2 Å². The Hall–Kier alpha value is -1.69. The van der Waals surface area contributed by atoms with E-state index in [9.17, 15) is 4.79 Å². The first-order valence-electron chi connectivity index (χ1n) is 8.25. The molecule has 0 spiro atoms. The predicted molar refractivity (Wildman–Crippen MR) is 87.8 cm³/mol. The Bertz CT molecular complexity index is 449. The van der Waals surface area contributed by atoms with Crippen LogP contribution in [0.2, 0.25) is 0 Å². The Balaban J connectivity index is 1.80. The third-order valence-electron chi connectivity index (χ3n) is 4.29. The number of rotatable bonds is 7. The lowest BCUT2D eigenvalue weighted by Gasteiger charge is -2.32. The number of piperidine rings is 1.